The Labute approximate surface area is 117 Å². The number of rotatable bonds is 3. The molecule has 5 nitrogen and oxygen atoms in total. The summed E-state index contributed by atoms with van der Waals surface area (Å²) in [4.78, 5) is 25.1. The van der Waals surface area contributed by atoms with Crippen molar-refractivity contribution in [2.24, 2.45) is 0 Å². The average Bonchev–Trinajstić information content (AvgIpc) is 2.92. The number of benzene rings is 1. The number of imide groups is 1. The molecule has 20 heavy (non-hydrogen) atoms. The number of nitrogens with one attached hydrogen (secondary N) is 1. The summed E-state index contributed by atoms with van der Waals surface area (Å²) in [7, 11) is 0. The number of nitrogens with zero attached hydrogens (tertiary/aromatic N) is 1. The third-order valence-electron chi connectivity index (χ3n) is 4.07. The zero-order chi connectivity index (χ0) is 14.3. The molecule has 106 valence electrons. The highest BCUT2D eigenvalue weighted by Gasteiger charge is 2.44. The van der Waals surface area contributed by atoms with E-state index in [0.29, 0.717) is 6.54 Å². The average molecular weight is 274 g/mol. The van der Waals surface area contributed by atoms with Crippen LogP contribution < -0.4 is 10.1 Å². The van der Waals surface area contributed by atoms with Gasteiger partial charge in [0.15, 0.2) is 0 Å². The predicted molar refractivity (Wildman–Crippen MR) is 73.7 cm³/mol. The van der Waals surface area contributed by atoms with Gasteiger partial charge >= 0.3 is 6.03 Å². The zero-order valence-corrected chi connectivity index (χ0v) is 11.7. The molecule has 2 heterocycles. The highest BCUT2D eigenvalue weighted by atomic mass is 16.5. The van der Waals surface area contributed by atoms with Crippen molar-refractivity contribution in [3.8, 4) is 5.75 Å². The molecule has 0 bridgehead atoms. The Morgan fingerprint density at radius 2 is 2.15 bits per heavy atom. The van der Waals surface area contributed by atoms with E-state index < -0.39 is 5.54 Å². The summed E-state index contributed by atoms with van der Waals surface area (Å²) in [5.74, 6) is 0.730. The first-order chi connectivity index (χ1) is 9.48. The van der Waals surface area contributed by atoms with Gasteiger partial charge in [-0.1, -0.05) is 12.1 Å². The number of carbonyl (C=O) groups excluding carboxylic acids is 2. The molecule has 0 radical (unpaired) electrons. The van der Waals surface area contributed by atoms with Gasteiger partial charge in [0, 0.05) is 13.0 Å². The molecule has 1 saturated heterocycles. The summed E-state index contributed by atoms with van der Waals surface area (Å²) in [5.41, 5.74) is 1.62. The fraction of sp³-hybridized carbons (Fsp3) is 0.467. The second-order valence-electron chi connectivity index (χ2n) is 5.76. The first kappa shape index (κ1) is 13.0. The number of amides is 3. The fourth-order valence-corrected chi connectivity index (χ4v) is 2.71. The summed E-state index contributed by atoms with van der Waals surface area (Å²) in [6.45, 7) is 4.81. The lowest BCUT2D eigenvalue weighted by atomic mass is 10.0. The van der Waals surface area contributed by atoms with Crippen LogP contribution in [0.25, 0.3) is 0 Å². The van der Waals surface area contributed by atoms with Gasteiger partial charge in [0.1, 0.15) is 11.3 Å². The van der Waals surface area contributed by atoms with Gasteiger partial charge in [0.05, 0.1) is 6.61 Å². The first-order valence-electron chi connectivity index (χ1n) is 6.86. The van der Waals surface area contributed by atoms with Crippen LogP contribution in [0.3, 0.4) is 0 Å². The van der Waals surface area contributed by atoms with Gasteiger partial charge in [-0.15, -0.1) is 0 Å². The molecule has 1 aromatic carbocycles. The van der Waals surface area contributed by atoms with Crippen LogP contribution in [0.2, 0.25) is 0 Å². The van der Waals surface area contributed by atoms with Crippen LogP contribution in [0.5, 0.6) is 5.75 Å². The molecule has 2 aliphatic rings. The Balaban J connectivity index is 1.71. The summed E-state index contributed by atoms with van der Waals surface area (Å²) >= 11 is 0. The molecule has 1 fully saturated rings. The topological polar surface area (TPSA) is 58.6 Å². The molecule has 0 aliphatic carbocycles. The van der Waals surface area contributed by atoms with E-state index >= 15 is 0 Å². The molecule has 3 amide bonds. The molecule has 1 aromatic rings. The zero-order valence-electron chi connectivity index (χ0n) is 11.7. The number of urea groups is 1. The van der Waals surface area contributed by atoms with Crippen molar-refractivity contribution < 1.29 is 14.3 Å². The third kappa shape index (κ3) is 2.03. The van der Waals surface area contributed by atoms with Gasteiger partial charge < -0.3 is 9.64 Å². The lowest BCUT2D eigenvalue weighted by molar-refractivity contribution is -0.125. The van der Waals surface area contributed by atoms with E-state index in [1.807, 2.05) is 12.1 Å². The van der Waals surface area contributed by atoms with E-state index in [-0.39, 0.29) is 11.9 Å². The van der Waals surface area contributed by atoms with Crippen molar-refractivity contribution in [3.05, 3.63) is 29.3 Å². The maximum absolute atomic E-state index is 11.8. The number of ether oxygens (including phenoxy) is 1. The second-order valence-corrected chi connectivity index (χ2v) is 5.76. The quantitative estimate of drug-likeness (QED) is 0.850. The van der Waals surface area contributed by atoms with Crippen LogP contribution in [0, 0.1) is 0 Å². The van der Waals surface area contributed by atoms with Crippen LogP contribution >= 0.6 is 0 Å². The van der Waals surface area contributed by atoms with Crippen molar-refractivity contribution in [1.29, 1.82) is 0 Å². The van der Waals surface area contributed by atoms with Crippen molar-refractivity contribution in [2.45, 2.75) is 32.2 Å². The molecule has 5 heteroatoms. The molecule has 0 unspecified atom stereocenters. The third-order valence-corrected chi connectivity index (χ3v) is 4.07. The molecule has 0 atom stereocenters. The monoisotopic (exact) mass is 274 g/mol. The Morgan fingerprint density at radius 3 is 2.85 bits per heavy atom. The minimum atomic E-state index is -0.767. The van der Waals surface area contributed by atoms with E-state index in [0.717, 1.165) is 30.8 Å². The Bertz CT molecular complexity index is 580. The summed E-state index contributed by atoms with van der Waals surface area (Å²) in [5, 5.41) is 2.36. The number of hydrogen-bond acceptors (Lipinski definition) is 3. The van der Waals surface area contributed by atoms with Crippen molar-refractivity contribution in [1.82, 2.24) is 10.2 Å². The van der Waals surface area contributed by atoms with Crippen LogP contribution in [0.1, 0.15) is 25.0 Å². The standard InChI is InChI=1S/C15H18N2O3/c1-15(2)13(18)16-14(19)17(15)7-5-10-3-4-12-11(9-10)6-8-20-12/h3-4,9H,5-8H2,1-2H3,(H,16,18,19). The number of hydrogen-bond donors (Lipinski definition) is 1. The highest BCUT2D eigenvalue weighted by molar-refractivity contribution is 6.06. The van der Waals surface area contributed by atoms with Gasteiger partial charge in [-0.05, 0) is 37.5 Å². The van der Waals surface area contributed by atoms with Crippen molar-refractivity contribution >= 4 is 11.9 Å². The van der Waals surface area contributed by atoms with Gasteiger partial charge in [-0.2, -0.15) is 0 Å². The lowest BCUT2D eigenvalue weighted by Gasteiger charge is -2.27. The Morgan fingerprint density at radius 1 is 1.35 bits per heavy atom. The molecule has 3 rings (SSSR count). The molecular weight excluding hydrogens is 256 g/mol. The highest BCUT2D eigenvalue weighted by Crippen LogP contribution is 2.27. The summed E-state index contributed by atoms with van der Waals surface area (Å²) < 4.78 is 5.48. The Kier molecular flexibility index (Phi) is 2.92. The van der Waals surface area contributed by atoms with Gasteiger partial charge in [0.25, 0.3) is 5.91 Å². The lowest BCUT2D eigenvalue weighted by Crippen LogP contribution is -2.45. The molecule has 0 saturated carbocycles. The minimum absolute atomic E-state index is 0.232. The van der Waals surface area contributed by atoms with E-state index in [1.54, 1.807) is 18.7 Å². The van der Waals surface area contributed by atoms with Gasteiger partial charge in [-0.25, -0.2) is 4.79 Å². The summed E-state index contributed by atoms with van der Waals surface area (Å²) in [6.07, 6.45) is 1.68. The predicted octanol–water partition coefficient (Wildman–Crippen LogP) is 1.49. The maximum Gasteiger partial charge on any atom is 0.325 e. The number of fused-ring (bicyclic) bond motifs is 1. The molecule has 1 N–H and O–H groups in total. The normalized spacial score (nSPS) is 19.8. The van der Waals surface area contributed by atoms with E-state index in [1.165, 1.54) is 5.56 Å². The molecular formula is C15H18N2O3. The SMILES string of the molecule is CC1(C)C(=O)NC(=O)N1CCc1ccc2c(c1)CCO2. The van der Waals surface area contributed by atoms with E-state index in [2.05, 4.69) is 11.4 Å². The fourth-order valence-electron chi connectivity index (χ4n) is 2.71. The van der Waals surface area contributed by atoms with Crippen LogP contribution in [0.15, 0.2) is 18.2 Å². The number of carbonyl (C=O) groups is 2. The van der Waals surface area contributed by atoms with Crippen LogP contribution in [-0.2, 0) is 17.6 Å². The van der Waals surface area contributed by atoms with Crippen molar-refractivity contribution in [2.75, 3.05) is 13.2 Å². The smallest absolute Gasteiger partial charge is 0.325 e. The van der Waals surface area contributed by atoms with Gasteiger partial charge in [0.2, 0.25) is 0 Å². The van der Waals surface area contributed by atoms with Gasteiger partial charge in [-0.3, -0.25) is 10.1 Å². The maximum atomic E-state index is 11.8. The minimum Gasteiger partial charge on any atom is -0.493 e. The molecule has 0 spiro atoms. The largest absolute Gasteiger partial charge is 0.493 e. The first-order valence-corrected chi connectivity index (χ1v) is 6.86. The molecule has 0 aromatic heterocycles. The Hall–Kier alpha value is -2.04. The van der Waals surface area contributed by atoms with E-state index in [9.17, 15) is 9.59 Å². The molecule has 2 aliphatic heterocycles. The second kappa shape index (κ2) is 4.51. The van der Waals surface area contributed by atoms with Crippen LogP contribution in [-0.4, -0.2) is 35.5 Å². The van der Waals surface area contributed by atoms with Crippen molar-refractivity contribution in [3.63, 3.8) is 0 Å². The van der Waals surface area contributed by atoms with E-state index in [4.69, 9.17) is 4.74 Å². The summed E-state index contributed by atoms with van der Waals surface area (Å²) in [6, 6.07) is 5.83. The van der Waals surface area contributed by atoms with Crippen LogP contribution in [0.4, 0.5) is 4.79 Å².